The van der Waals surface area contributed by atoms with Gasteiger partial charge in [0.25, 0.3) is 0 Å². The molecule has 0 N–H and O–H groups in total. The molecule has 2 aromatic carbocycles. The van der Waals surface area contributed by atoms with E-state index < -0.39 is 5.92 Å². The fourth-order valence-electron chi connectivity index (χ4n) is 4.51. The van der Waals surface area contributed by atoms with Crippen LogP contribution in [0.5, 0.6) is 0 Å². The van der Waals surface area contributed by atoms with Crippen molar-refractivity contribution in [1.82, 2.24) is 4.90 Å². The highest BCUT2D eigenvalue weighted by molar-refractivity contribution is 6.36. The molecule has 1 saturated heterocycles. The Kier molecular flexibility index (Phi) is 6.04. The first-order valence-corrected chi connectivity index (χ1v) is 10.9. The molecule has 4 rings (SSSR count). The highest BCUT2D eigenvalue weighted by Crippen LogP contribution is 2.39. The lowest BCUT2D eigenvalue weighted by Gasteiger charge is -2.34. The van der Waals surface area contributed by atoms with Crippen LogP contribution < -0.4 is 0 Å². The second-order valence-corrected chi connectivity index (χ2v) is 9.05. The predicted molar refractivity (Wildman–Crippen MR) is 113 cm³/mol. The molecule has 0 spiro atoms. The van der Waals surface area contributed by atoms with Crippen molar-refractivity contribution in [3.8, 4) is 11.1 Å². The van der Waals surface area contributed by atoms with E-state index in [0.717, 1.165) is 11.1 Å². The van der Waals surface area contributed by atoms with Crippen molar-refractivity contribution in [2.75, 3.05) is 6.54 Å². The number of carbonyl (C=O) groups excluding carboxylic acids is 1. The third-order valence-corrected chi connectivity index (χ3v) is 6.92. The van der Waals surface area contributed by atoms with Gasteiger partial charge in [0.2, 0.25) is 11.8 Å². The maximum Gasteiger partial charge on any atom is 0.248 e. The lowest BCUT2D eigenvalue weighted by Crippen LogP contribution is -2.42. The first kappa shape index (κ1) is 21.5. The summed E-state index contributed by atoms with van der Waals surface area (Å²) < 4.78 is 40.0. The molecule has 30 heavy (non-hydrogen) atoms. The van der Waals surface area contributed by atoms with Gasteiger partial charge in [-0.2, -0.15) is 0 Å². The van der Waals surface area contributed by atoms with E-state index >= 15 is 0 Å². The summed E-state index contributed by atoms with van der Waals surface area (Å²) in [5.74, 6) is -3.18. The zero-order valence-electron chi connectivity index (χ0n) is 16.3. The number of rotatable bonds is 4. The molecule has 1 heterocycles. The molecule has 2 aliphatic rings. The van der Waals surface area contributed by atoms with Crippen LogP contribution in [0.3, 0.4) is 0 Å². The van der Waals surface area contributed by atoms with Crippen molar-refractivity contribution in [3.63, 3.8) is 0 Å². The number of hydrogen-bond acceptors (Lipinski definition) is 1. The zero-order chi connectivity index (χ0) is 21.5. The Balaban J connectivity index is 1.47. The Bertz CT molecular complexity index is 915. The molecule has 2 fully saturated rings. The van der Waals surface area contributed by atoms with E-state index in [1.54, 1.807) is 29.2 Å². The Labute approximate surface area is 184 Å². The van der Waals surface area contributed by atoms with E-state index in [4.69, 9.17) is 23.2 Å². The quantitative estimate of drug-likeness (QED) is 0.497. The van der Waals surface area contributed by atoms with Crippen molar-refractivity contribution in [1.29, 1.82) is 0 Å². The summed E-state index contributed by atoms with van der Waals surface area (Å²) in [6.45, 7) is 0.586. The highest BCUT2D eigenvalue weighted by atomic mass is 35.5. The zero-order valence-corrected chi connectivity index (χ0v) is 17.8. The molecule has 2 aromatic rings. The van der Waals surface area contributed by atoms with Gasteiger partial charge in [-0.1, -0.05) is 35.3 Å². The van der Waals surface area contributed by atoms with Gasteiger partial charge in [0.05, 0.1) is 0 Å². The highest BCUT2D eigenvalue weighted by Gasteiger charge is 2.42. The van der Waals surface area contributed by atoms with Crippen LogP contribution in [-0.2, 0) is 11.2 Å². The first-order chi connectivity index (χ1) is 14.2. The van der Waals surface area contributed by atoms with E-state index in [-0.39, 0.29) is 36.5 Å². The van der Waals surface area contributed by atoms with Gasteiger partial charge in [-0.05, 0) is 66.6 Å². The maximum absolute atomic E-state index is 13.4. The van der Waals surface area contributed by atoms with Crippen molar-refractivity contribution in [3.05, 3.63) is 57.8 Å². The predicted octanol–water partition coefficient (Wildman–Crippen LogP) is 6.77. The Morgan fingerprint density at radius 3 is 2.17 bits per heavy atom. The van der Waals surface area contributed by atoms with Gasteiger partial charge < -0.3 is 4.90 Å². The molecule has 0 unspecified atom stereocenters. The Hall–Kier alpha value is -1.72. The molecule has 1 atom stereocenters. The molecule has 1 aliphatic carbocycles. The number of carbonyl (C=O) groups is 1. The van der Waals surface area contributed by atoms with Crippen LogP contribution in [0.25, 0.3) is 11.1 Å². The maximum atomic E-state index is 13.4. The molecule has 1 saturated carbocycles. The molecule has 0 radical (unpaired) electrons. The minimum absolute atomic E-state index is 0.0000363. The van der Waals surface area contributed by atoms with E-state index in [0.29, 0.717) is 47.8 Å². The van der Waals surface area contributed by atoms with Gasteiger partial charge in [0, 0.05) is 41.4 Å². The molecular formula is C23H22Cl2F3NO. The van der Waals surface area contributed by atoms with E-state index in [2.05, 4.69) is 0 Å². The van der Waals surface area contributed by atoms with Crippen molar-refractivity contribution in [2.24, 2.45) is 5.92 Å². The topological polar surface area (TPSA) is 20.3 Å². The lowest BCUT2D eigenvalue weighted by atomic mass is 9.91. The molecule has 1 aliphatic heterocycles. The number of halogens is 5. The second-order valence-electron chi connectivity index (χ2n) is 8.23. The van der Waals surface area contributed by atoms with Gasteiger partial charge in [-0.25, -0.2) is 13.2 Å². The molecule has 160 valence electrons. The number of alkyl halides is 2. The monoisotopic (exact) mass is 455 g/mol. The van der Waals surface area contributed by atoms with Crippen LogP contribution in [0.2, 0.25) is 10.0 Å². The van der Waals surface area contributed by atoms with Crippen LogP contribution in [-0.4, -0.2) is 29.3 Å². The smallest absolute Gasteiger partial charge is 0.248 e. The minimum Gasteiger partial charge on any atom is -0.339 e. The second kappa shape index (κ2) is 8.43. The van der Waals surface area contributed by atoms with Crippen molar-refractivity contribution in [2.45, 2.75) is 50.5 Å². The average Bonchev–Trinajstić information content (AvgIpc) is 3.05. The number of benzene rings is 2. The molecular weight excluding hydrogens is 434 g/mol. The third-order valence-electron chi connectivity index (χ3n) is 6.25. The van der Waals surface area contributed by atoms with Crippen LogP contribution in [0.4, 0.5) is 13.2 Å². The molecule has 1 amide bonds. The van der Waals surface area contributed by atoms with Crippen LogP contribution >= 0.6 is 23.2 Å². The SMILES string of the molecule is O=C1[C@H](Cc2c(Cl)cc(-c3ccc(F)cc3)cc2Cl)CCN1C1CCC(F)(F)CC1. The molecule has 2 nitrogen and oxygen atoms in total. The number of likely N-dealkylation sites (tertiary alicyclic amines) is 1. The van der Waals surface area contributed by atoms with Gasteiger partial charge in [-0.15, -0.1) is 0 Å². The molecule has 7 heteroatoms. The summed E-state index contributed by atoms with van der Waals surface area (Å²) in [6.07, 6.45) is 1.46. The summed E-state index contributed by atoms with van der Waals surface area (Å²) in [4.78, 5) is 14.7. The first-order valence-electron chi connectivity index (χ1n) is 10.2. The molecule has 0 bridgehead atoms. The van der Waals surface area contributed by atoms with Gasteiger partial charge in [-0.3, -0.25) is 4.79 Å². The van der Waals surface area contributed by atoms with Crippen LogP contribution in [0, 0.1) is 11.7 Å². The third kappa shape index (κ3) is 4.47. The number of amides is 1. The fourth-order valence-corrected chi connectivity index (χ4v) is 5.15. The fraction of sp³-hybridized carbons (Fsp3) is 0.435. The van der Waals surface area contributed by atoms with Crippen LogP contribution in [0.1, 0.15) is 37.7 Å². The van der Waals surface area contributed by atoms with E-state index in [9.17, 15) is 18.0 Å². The standard InChI is InChI=1S/C23H22Cl2F3NO/c24-20-12-16(14-1-3-17(26)4-2-14)13-21(25)19(20)11-15-7-10-29(22(15)30)18-5-8-23(27,28)9-6-18/h1-4,12-13,15,18H,5-11H2/t15-/m0/s1. The summed E-state index contributed by atoms with van der Waals surface area (Å²) in [7, 11) is 0. The number of nitrogens with zero attached hydrogens (tertiary/aromatic N) is 1. The normalized spacial score (nSPS) is 22.0. The summed E-state index contributed by atoms with van der Waals surface area (Å²) in [5, 5.41) is 0.927. The Morgan fingerprint density at radius 1 is 0.967 bits per heavy atom. The van der Waals surface area contributed by atoms with Crippen molar-refractivity contribution < 1.29 is 18.0 Å². The Morgan fingerprint density at radius 2 is 1.57 bits per heavy atom. The largest absolute Gasteiger partial charge is 0.339 e. The summed E-state index contributed by atoms with van der Waals surface area (Å²) in [5.41, 5.74) is 2.28. The summed E-state index contributed by atoms with van der Waals surface area (Å²) in [6, 6.07) is 9.50. The van der Waals surface area contributed by atoms with Gasteiger partial charge in [0.15, 0.2) is 0 Å². The van der Waals surface area contributed by atoms with Crippen molar-refractivity contribution >= 4 is 29.1 Å². The van der Waals surface area contributed by atoms with Crippen LogP contribution in [0.15, 0.2) is 36.4 Å². The minimum atomic E-state index is -2.61. The molecule has 0 aromatic heterocycles. The summed E-state index contributed by atoms with van der Waals surface area (Å²) >= 11 is 13.0. The van der Waals surface area contributed by atoms with Gasteiger partial charge in [0.1, 0.15) is 5.82 Å². The van der Waals surface area contributed by atoms with E-state index in [1.165, 1.54) is 12.1 Å². The van der Waals surface area contributed by atoms with E-state index in [1.807, 2.05) is 0 Å². The lowest BCUT2D eigenvalue weighted by molar-refractivity contribution is -0.135. The number of hydrogen-bond donors (Lipinski definition) is 0. The van der Waals surface area contributed by atoms with Gasteiger partial charge >= 0.3 is 0 Å². The average molecular weight is 456 g/mol.